The highest BCUT2D eigenvalue weighted by molar-refractivity contribution is 14.0. The van der Waals surface area contributed by atoms with Gasteiger partial charge in [-0.25, -0.2) is 9.98 Å². The average molecular weight is 534 g/mol. The third-order valence-corrected chi connectivity index (χ3v) is 4.07. The highest BCUT2D eigenvalue weighted by atomic mass is 127. The van der Waals surface area contributed by atoms with Crippen LogP contribution in [0.1, 0.15) is 36.8 Å². The SMILES string of the molecule is CCNC(=NCc1nc(-c2ccco2)n[nH]1)NC(C)c1cccc(C(F)(F)F)c1.I. The molecular formula is C19H22F3IN6O. The largest absolute Gasteiger partial charge is 0.461 e. The number of aliphatic imine (C=N–C) groups is 1. The first-order valence-corrected chi connectivity index (χ1v) is 9.04. The average Bonchev–Trinajstić information content (AvgIpc) is 3.37. The molecule has 0 saturated carbocycles. The topological polar surface area (TPSA) is 91.1 Å². The van der Waals surface area contributed by atoms with Gasteiger partial charge in [-0.2, -0.15) is 13.2 Å². The Hall–Kier alpha value is -2.57. The molecule has 0 spiro atoms. The lowest BCUT2D eigenvalue weighted by molar-refractivity contribution is -0.137. The van der Waals surface area contributed by atoms with E-state index in [4.69, 9.17) is 4.42 Å². The molecule has 0 amide bonds. The first-order valence-electron chi connectivity index (χ1n) is 9.04. The molecule has 0 fully saturated rings. The van der Waals surface area contributed by atoms with Crippen LogP contribution in [-0.2, 0) is 12.7 Å². The molecule has 2 aromatic heterocycles. The molecule has 1 atom stereocenters. The van der Waals surface area contributed by atoms with Crippen LogP contribution in [0, 0.1) is 0 Å². The van der Waals surface area contributed by atoms with E-state index in [-0.39, 0.29) is 36.6 Å². The molecule has 3 N–H and O–H groups in total. The number of H-pyrrole nitrogens is 1. The number of halogens is 4. The fourth-order valence-corrected chi connectivity index (χ4v) is 2.63. The van der Waals surface area contributed by atoms with E-state index >= 15 is 0 Å². The smallest absolute Gasteiger partial charge is 0.416 e. The van der Waals surface area contributed by atoms with Crippen molar-refractivity contribution in [3.05, 3.63) is 59.6 Å². The van der Waals surface area contributed by atoms with E-state index in [2.05, 4.69) is 30.8 Å². The van der Waals surface area contributed by atoms with Crippen molar-refractivity contribution in [2.75, 3.05) is 6.54 Å². The van der Waals surface area contributed by atoms with Gasteiger partial charge in [0.25, 0.3) is 0 Å². The van der Waals surface area contributed by atoms with Crippen molar-refractivity contribution in [3.63, 3.8) is 0 Å². The van der Waals surface area contributed by atoms with Crippen molar-refractivity contribution in [1.29, 1.82) is 0 Å². The number of alkyl halides is 3. The molecule has 2 heterocycles. The number of nitrogens with one attached hydrogen (secondary N) is 3. The zero-order chi connectivity index (χ0) is 20.9. The Morgan fingerprint density at radius 2 is 2.07 bits per heavy atom. The van der Waals surface area contributed by atoms with Crippen LogP contribution in [-0.4, -0.2) is 27.7 Å². The Morgan fingerprint density at radius 3 is 2.73 bits per heavy atom. The number of hydrogen-bond donors (Lipinski definition) is 3. The molecule has 30 heavy (non-hydrogen) atoms. The lowest BCUT2D eigenvalue weighted by Crippen LogP contribution is -2.38. The predicted octanol–water partition coefficient (Wildman–Crippen LogP) is 4.52. The summed E-state index contributed by atoms with van der Waals surface area (Å²) in [5.74, 6) is 1.95. The van der Waals surface area contributed by atoms with Crippen LogP contribution >= 0.6 is 24.0 Å². The van der Waals surface area contributed by atoms with E-state index in [9.17, 15) is 13.2 Å². The summed E-state index contributed by atoms with van der Waals surface area (Å²) in [5, 5.41) is 13.0. The first-order chi connectivity index (χ1) is 13.9. The normalized spacial score (nSPS) is 12.9. The van der Waals surface area contributed by atoms with Crippen LogP contribution in [0.2, 0.25) is 0 Å². The quantitative estimate of drug-likeness (QED) is 0.246. The third kappa shape index (κ3) is 6.21. The number of rotatable bonds is 6. The minimum atomic E-state index is -4.38. The molecule has 0 aliphatic rings. The third-order valence-electron chi connectivity index (χ3n) is 4.07. The summed E-state index contributed by atoms with van der Waals surface area (Å²) < 4.78 is 44.1. The van der Waals surface area contributed by atoms with Crippen molar-refractivity contribution in [2.24, 2.45) is 4.99 Å². The highest BCUT2D eigenvalue weighted by Gasteiger charge is 2.30. The number of furan rings is 1. The van der Waals surface area contributed by atoms with Gasteiger partial charge < -0.3 is 15.1 Å². The Labute approximate surface area is 188 Å². The summed E-state index contributed by atoms with van der Waals surface area (Å²) in [7, 11) is 0. The van der Waals surface area contributed by atoms with Gasteiger partial charge in [0, 0.05) is 6.54 Å². The Morgan fingerprint density at radius 1 is 1.27 bits per heavy atom. The minimum absolute atomic E-state index is 0. The number of benzene rings is 1. The molecule has 7 nitrogen and oxygen atoms in total. The van der Waals surface area contributed by atoms with Crippen LogP contribution in [0.4, 0.5) is 13.2 Å². The Balaban J connectivity index is 0.00000320. The van der Waals surface area contributed by atoms with E-state index in [1.807, 2.05) is 6.92 Å². The van der Waals surface area contributed by atoms with E-state index < -0.39 is 11.7 Å². The lowest BCUT2D eigenvalue weighted by atomic mass is 10.1. The number of nitrogens with zero attached hydrogens (tertiary/aromatic N) is 3. The summed E-state index contributed by atoms with van der Waals surface area (Å²) in [4.78, 5) is 8.74. The first kappa shape index (κ1) is 23.7. The highest BCUT2D eigenvalue weighted by Crippen LogP contribution is 2.30. The van der Waals surface area contributed by atoms with Crippen molar-refractivity contribution < 1.29 is 17.6 Å². The van der Waals surface area contributed by atoms with E-state index in [0.29, 0.717) is 35.5 Å². The summed E-state index contributed by atoms with van der Waals surface area (Å²) in [5.41, 5.74) is -0.178. The number of guanidine groups is 1. The minimum Gasteiger partial charge on any atom is -0.461 e. The number of aromatic nitrogens is 3. The molecule has 1 unspecified atom stereocenters. The summed E-state index contributed by atoms with van der Waals surface area (Å²) in [6, 6.07) is 8.32. The molecule has 0 saturated heterocycles. The molecule has 0 bridgehead atoms. The van der Waals surface area contributed by atoms with Gasteiger partial charge in [0.1, 0.15) is 12.4 Å². The van der Waals surface area contributed by atoms with Crippen molar-refractivity contribution in [3.8, 4) is 11.6 Å². The lowest BCUT2D eigenvalue weighted by Gasteiger charge is -2.19. The van der Waals surface area contributed by atoms with Crippen LogP contribution in [0.5, 0.6) is 0 Å². The van der Waals surface area contributed by atoms with Gasteiger partial charge in [0.15, 0.2) is 11.7 Å². The molecule has 1 aromatic carbocycles. The zero-order valence-corrected chi connectivity index (χ0v) is 18.7. The number of hydrogen-bond acceptors (Lipinski definition) is 4. The number of aromatic amines is 1. The van der Waals surface area contributed by atoms with Crippen molar-refractivity contribution >= 4 is 29.9 Å². The van der Waals surface area contributed by atoms with Gasteiger partial charge in [-0.15, -0.1) is 29.1 Å². The van der Waals surface area contributed by atoms with Crippen LogP contribution in [0.25, 0.3) is 11.6 Å². The Bertz CT molecular complexity index is 955. The maximum Gasteiger partial charge on any atom is 0.416 e. The molecule has 0 aliphatic carbocycles. The van der Waals surface area contributed by atoms with Gasteiger partial charge in [-0.3, -0.25) is 5.10 Å². The van der Waals surface area contributed by atoms with Crippen LogP contribution in [0.15, 0.2) is 52.1 Å². The Kier molecular flexibility index (Phi) is 8.26. The monoisotopic (exact) mass is 534 g/mol. The molecule has 11 heteroatoms. The van der Waals surface area contributed by atoms with E-state index in [0.717, 1.165) is 12.1 Å². The molecule has 3 aromatic rings. The maximum atomic E-state index is 12.9. The van der Waals surface area contributed by atoms with Gasteiger partial charge in [-0.1, -0.05) is 12.1 Å². The van der Waals surface area contributed by atoms with Gasteiger partial charge in [-0.05, 0) is 43.7 Å². The van der Waals surface area contributed by atoms with Crippen molar-refractivity contribution in [2.45, 2.75) is 32.6 Å². The second-order valence-electron chi connectivity index (χ2n) is 6.27. The van der Waals surface area contributed by atoms with Gasteiger partial charge >= 0.3 is 6.18 Å². The standard InChI is InChI=1S/C19H21F3N6O.HI/c1-3-23-18(24-11-16-26-17(28-27-16)15-8-5-9-29-15)25-12(2)13-6-4-7-14(10-13)19(20,21)22;/h4-10,12H,3,11H2,1-2H3,(H2,23,24,25)(H,26,27,28);1H. The fraction of sp³-hybridized carbons (Fsp3) is 0.316. The van der Waals surface area contributed by atoms with E-state index in [1.165, 1.54) is 12.3 Å². The molecule has 0 aliphatic heterocycles. The van der Waals surface area contributed by atoms with Gasteiger partial charge in [0.05, 0.1) is 17.9 Å². The second-order valence-corrected chi connectivity index (χ2v) is 6.27. The molecular weight excluding hydrogens is 512 g/mol. The van der Waals surface area contributed by atoms with Crippen LogP contribution < -0.4 is 10.6 Å². The summed E-state index contributed by atoms with van der Waals surface area (Å²) in [6.07, 6.45) is -2.85. The molecule has 162 valence electrons. The molecule has 0 radical (unpaired) electrons. The fourth-order valence-electron chi connectivity index (χ4n) is 2.63. The summed E-state index contributed by atoms with van der Waals surface area (Å²) in [6.45, 7) is 4.47. The predicted molar refractivity (Wildman–Crippen MR) is 117 cm³/mol. The molecule has 3 rings (SSSR count). The second kappa shape index (κ2) is 10.5. The summed E-state index contributed by atoms with van der Waals surface area (Å²) >= 11 is 0. The zero-order valence-electron chi connectivity index (χ0n) is 16.3. The van der Waals surface area contributed by atoms with Crippen LogP contribution in [0.3, 0.4) is 0 Å². The van der Waals surface area contributed by atoms with Crippen molar-refractivity contribution in [1.82, 2.24) is 25.8 Å². The maximum absolute atomic E-state index is 12.9. The van der Waals surface area contributed by atoms with Gasteiger partial charge in [0.2, 0.25) is 5.82 Å². The van der Waals surface area contributed by atoms with E-state index in [1.54, 1.807) is 25.1 Å².